The van der Waals surface area contributed by atoms with Gasteiger partial charge in [-0.2, -0.15) is 4.98 Å². The molecule has 6 nitrogen and oxygen atoms in total. The Balaban J connectivity index is 2.65. The van der Waals surface area contributed by atoms with Gasteiger partial charge in [-0.1, -0.05) is 0 Å². The van der Waals surface area contributed by atoms with Crippen LogP contribution in [-0.4, -0.2) is 22.5 Å². The Labute approximate surface area is 66.5 Å². The summed E-state index contributed by atoms with van der Waals surface area (Å²) in [6, 6.07) is -0.442. The summed E-state index contributed by atoms with van der Waals surface area (Å²) in [5, 5.41) is 2.59. The van der Waals surface area contributed by atoms with Crippen LogP contribution in [0.15, 0.2) is 0 Å². The lowest BCUT2D eigenvalue weighted by Crippen LogP contribution is -2.18. The number of urea groups is 1. The number of hydrogen-bond donors (Lipinski definition) is 2. The lowest BCUT2D eigenvalue weighted by atomic mass is 11.0. The number of carbonyl (C=O) groups is 1. The van der Waals surface area contributed by atoms with E-state index >= 15 is 0 Å². The number of anilines is 1. The van der Waals surface area contributed by atoms with Gasteiger partial charge in [0.05, 0.1) is 7.11 Å². The second-order valence-electron chi connectivity index (χ2n) is 1.58. The molecule has 1 aromatic rings. The summed E-state index contributed by atoms with van der Waals surface area (Å²) >= 11 is 1.00. The maximum absolute atomic E-state index is 10.3. The molecule has 0 saturated carbocycles. The van der Waals surface area contributed by atoms with E-state index in [-0.39, 0.29) is 6.01 Å². The number of nitrogens with two attached hydrogens (primary N) is 1. The first-order valence-corrected chi connectivity index (χ1v) is 3.44. The van der Waals surface area contributed by atoms with Crippen LogP contribution >= 0.6 is 11.5 Å². The molecule has 0 bridgehead atoms. The van der Waals surface area contributed by atoms with Crippen LogP contribution < -0.4 is 15.8 Å². The molecule has 0 unspecified atom stereocenters. The average molecular weight is 174 g/mol. The van der Waals surface area contributed by atoms with Crippen LogP contribution in [0.2, 0.25) is 0 Å². The predicted octanol–water partition coefficient (Wildman–Crippen LogP) is 0.0373. The number of hydrogen-bond acceptors (Lipinski definition) is 5. The highest BCUT2D eigenvalue weighted by molar-refractivity contribution is 7.10. The molecule has 0 aromatic carbocycles. The van der Waals surface area contributed by atoms with Gasteiger partial charge in [-0.25, -0.2) is 4.79 Å². The van der Waals surface area contributed by atoms with Crippen molar-refractivity contribution in [1.29, 1.82) is 0 Å². The van der Waals surface area contributed by atoms with E-state index in [4.69, 9.17) is 5.73 Å². The van der Waals surface area contributed by atoms with Crippen LogP contribution in [0.5, 0.6) is 6.01 Å². The molecular formula is C4H6N4O2S. The van der Waals surface area contributed by atoms with E-state index in [0.717, 1.165) is 11.5 Å². The van der Waals surface area contributed by atoms with E-state index in [9.17, 15) is 4.79 Å². The van der Waals surface area contributed by atoms with Gasteiger partial charge in [0, 0.05) is 11.5 Å². The van der Waals surface area contributed by atoms with Gasteiger partial charge in [-0.15, -0.1) is 4.37 Å². The molecule has 1 heterocycles. The minimum absolute atomic E-state index is 0.221. The molecule has 1 aromatic heterocycles. The lowest BCUT2D eigenvalue weighted by Gasteiger charge is -1.90. The topological polar surface area (TPSA) is 90.1 Å². The van der Waals surface area contributed by atoms with Crippen molar-refractivity contribution in [2.24, 2.45) is 5.73 Å². The first kappa shape index (κ1) is 7.73. The van der Waals surface area contributed by atoms with Gasteiger partial charge in [0.25, 0.3) is 0 Å². The monoisotopic (exact) mass is 174 g/mol. The highest BCUT2D eigenvalue weighted by Crippen LogP contribution is 2.14. The number of nitrogens with zero attached hydrogens (tertiary/aromatic N) is 2. The van der Waals surface area contributed by atoms with Gasteiger partial charge in [0.2, 0.25) is 5.13 Å². The Morgan fingerprint density at radius 2 is 2.55 bits per heavy atom. The number of ether oxygens (including phenoxy) is 1. The van der Waals surface area contributed by atoms with Gasteiger partial charge >= 0.3 is 12.0 Å². The average Bonchev–Trinajstić information content (AvgIpc) is 2.34. The fraction of sp³-hybridized carbons (Fsp3) is 0.250. The predicted molar refractivity (Wildman–Crippen MR) is 39.7 cm³/mol. The molecule has 0 atom stereocenters. The fourth-order valence-electron chi connectivity index (χ4n) is 0.449. The zero-order valence-corrected chi connectivity index (χ0v) is 6.51. The minimum Gasteiger partial charge on any atom is -0.466 e. The summed E-state index contributed by atoms with van der Waals surface area (Å²) in [5.41, 5.74) is 4.82. The first-order valence-electron chi connectivity index (χ1n) is 2.66. The van der Waals surface area contributed by atoms with Crippen LogP contribution in [0.25, 0.3) is 0 Å². The number of methoxy groups -OCH3 is 1. The zero-order valence-electron chi connectivity index (χ0n) is 5.70. The largest absolute Gasteiger partial charge is 0.466 e. The van der Waals surface area contributed by atoms with E-state index in [0.29, 0.717) is 5.13 Å². The maximum atomic E-state index is 10.3. The van der Waals surface area contributed by atoms with Gasteiger partial charge < -0.3 is 10.5 Å². The molecule has 0 radical (unpaired) electrons. The summed E-state index contributed by atoms with van der Waals surface area (Å²) in [7, 11) is 1.44. The van der Waals surface area contributed by atoms with Crippen molar-refractivity contribution in [2.45, 2.75) is 0 Å². The van der Waals surface area contributed by atoms with Gasteiger partial charge in [-0.05, 0) is 0 Å². The molecule has 1 rings (SSSR count). The van der Waals surface area contributed by atoms with Crippen molar-refractivity contribution in [3.05, 3.63) is 0 Å². The Hall–Kier alpha value is -1.37. The van der Waals surface area contributed by atoms with Crippen LogP contribution in [0.4, 0.5) is 9.93 Å². The number of carbonyl (C=O) groups excluding carboxylic acids is 1. The standard InChI is InChI=1S/C4H6N4O2S/c1-10-3-7-4(11-8-3)6-2(5)9/h1H3,(H3,5,6,7,8,9). The van der Waals surface area contributed by atoms with Crippen molar-refractivity contribution in [1.82, 2.24) is 9.36 Å². The first-order chi connectivity index (χ1) is 5.22. The highest BCUT2D eigenvalue weighted by Gasteiger charge is 2.03. The van der Waals surface area contributed by atoms with Gasteiger partial charge in [0.1, 0.15) is 0 Å². The third-order valence-electron chi connectivity index (χ3n) is 0.820. The summed E-state index contributed by atoms with van der Waals surface area (Å²) in [6.07, 6.45) is 0. The SMILES string of the molecule is COc1nsc(NC(N)=O)n1. The molecule has 11 heavy (non-hydrogen) atoms. The van der Waals surface area contributed by atoms with Crippen LogP contribution in [0, 0.1) is 0 Å². The van der Waals surface area contributed by atoms with E-state index in [1.54, 1.807) is 0 Å². The molecule has 60 valence electrons. The Kier molecular flexibility index (Phi) is 2.21. The summed E-state index contributed by atoms with van der Waals surface area (Å²) in [4.78, 5) is 14.0. The maximum Gasteiger partial charge on any atom is 0.329 e. The molecule has 0 aliphatic carbocycles. The molecule has 3 N–H and O–H groups in total. The molecule has 0 aliphatic heterocycles. The number of nitrogens with one attached hydrogen (secondary N) is 1. The molecule has 0 spiro atoms. The number of primary amides is 1. The second-order valence-corrected chi connectivity index (χ2v) is 2.33. The van der Waals surface area contributed by atoms with Crippen LogP contribution in [0.3, 0.4) is 0 Å². The van der Waals surface area contributed by atoms with Crippen LogP contribution in [0.1, 0.15) is 0 Å². The Morgan fingerprint density at radius 1 is 1.82 bits per heavy atom. The van der Waals surface area contributed by atoms with E-state index in [1.165, 1.54) is 7.11 Å². The summed E-state index contributed by atoms with van der Waals surface area (Å²) < 4.78 is 8.40. The molecule has 0 saturated heterocycles. The van der Waals surface area contributed by atoms with E-state index in [2.05, 4.69) is 19.4 Å². The third-order valence-corrected chi connectivity index (χ3v) is 1.43. The fourth-order valence-corrected chi connectivity index (χ4v) is 0.994. The van der Waals surface area contributed by atoms with Crippen molar-refractivity contribution >= 4 is 22.7 Å². The molecule has 0 aliphatic rings. The smallest absolute Gasteiger partial charge is 0.329 e. The molecule has 0 fully saturated rings. The molecule has 7 heteroatoms. The van der Waals surface area contributed by atoms with E-state index in [1.807, 2.05) is 0 Å². The highest BCUT2D eigenvalue weighted by atomic mass is 32.1. The number of rotatable bonds is 2. The van der Waals surface area contributed by atoms with Crippen molar-refractivity contribution in [3.8, 4) is 6.01 Å². The number of aromatic nitrogens is 2. The minimum atomic E-state index is -0.663. The zero-order chi connectivity index (χ0) is 8.27. The summed E-state index contributed by atoms with van der Waals surface area (Å²) in [5.74, 6) is 0. The quantitative estimate of drug-likeness (QED) is 0.662. The number of amides is 2. The van der Waals surface area contributed by atoms with Crippen LogP contribution in [-0.2, 0) is 0 Å². The molecule has 2 amide bonds. The lowest BCUT2D eigenvalue weighted by molar-refractivity contribution is 0.259. The molecular weight excluding hydrogens is 168 g/mol. The van der Waals surface area contributed by atoms with E-state index < -0.39 is 6.03 Å². The van der Waals surface area contributed by atoms with Gasteiger partial charge in [-0.3, -0.25) is 5.32 Å². The normalized spacial score (nSPS) is 9.18. The Bertz CT molecular complexity index is 260. The third kappa shape index (κ3) is 2.04. The van der Waals surface area contributed by atoms with Crippen molar-refractivity contribution in [2.75, 3.05) is 12.4 Å². The van der Waals surface area contributed by atoms with Crippen molar-refractivity contribution < 1.29 is 9.53 Å². The Morgan fingerprint density at radius 3 is 3.00 bits per heavy atom. The van der Waals surface area contributed by atoms with Gasteiger partial charge in [0.15, 0.2) is 0 Å². The van der Waals surface area contributed by atoms with Crippen molar-refractivity contribution in [3.63, 3.8) is 0 Å². The summed E-state index contributed by atoms with van der Waals surface area (Å²) in [6.45, 7) is 0. The second kappa shape index (κ2) is 3.15.